The zero-order valence-corrected chi connectivity index (χ0v) is 32.3. The molecule has 3 nitrogen and oxygen atoms in total. The van der Waals surface area contributed by atoms with Gasteiger partial charge in [-0.15, -0.1) is 0 Å². The summed E-state index contributed by atoms with van der Waals surface area (Å²) in [5.74, 6) is 1.66. The summed E-state index contributed by atoms with van der Waals surface area (Å²) < 4.78 is 12.7. The van der Waals surface area contributed by atoms with Crippen LogP contribution in [0.5, 0.6) is 0 Å². The van der Waals surface area contributed by atoms with Crippen LogP contribution in [-0.4, -0.2) is 10.5 Å². The van der Waals surface area contributed by atoms with Crippen molar-refractivity contribution in [3.8, 4) is 33.8 Å². The van der Waals surface area contributed by atoms with Gasteiger partial charge in [-0.3, -0.25) is 0 Å². The van der Waals surface area contributed by atoms with Gasteiger partial charge in [-0.05, 0) is 92.3 Å². The molecule has 7 aromatic rings. The average Bonchev–Trinajstić information content (AvgIpc) is 3.94. The van der Waals surface area contributed by atoms with E-state index < -0.39 is 15.4 Å². The van der Waals surface area contributed by atoms with Gasteiger partial charge in [0.2, 0.25) is 0 Å². The average molecular weight is 712 g/mol. The normalized spacial score (nSPS) is 16.3. The highest BCUT2D eigenvalue weighted by Crippen LogP contribution is 2.79. The van der Waals surface area contributed by atoms with Crippen LogP contribution in [0.15, 0.2) is 152 Å². The maximum absolute atomic E-state index is 6.33. The summed E-state index contributed by atoms with van der Waals surface area (Å²) in [6, 6.07) is 45.8. The first-order valence-corrected chi connectivity index (χ1v) is 20.7. The first-order valence-electron chi connectivity index (χ1n) is 18.9. The minimum Gasteiger partial charge on any atom is -0.461 e. The lowest BCUT2D eigenvalue weighted by molar-refractivity contribution is 0.525. The van der Waals surface area contributed by atoms with E-state index in [0.29, 0.717) is 10.5 Å². The predicted octanol–water partition coefficient (Wildman–Crippen LogP) is 14.0. The number of fused-ring (bicyclic) bond motifs is 13. The summed E-state index contributed by atoms with van der Waals surface area (Å²) in [6.45, 7) is 16.6. The molecule has 4 heterocycles. The van der Waals surface area contributed by atoms with Crippen LogP contribution in [0.4, 0.5) is 17.1 Å². The highest BCUT2D eigenvalue weighted by Gasteiger charge is 2.58. The summed E-state index contributed by atoms with van der Waals surface area (Å²) in [6.07, 6.45) is 3.69. The second kappa shape index (κ2) is 11.2. The number of nitrogens with zero attached hydrogens (tertiary/aromatic N) is 1. The van der Waals surface area contributed by atoms with Crippen LogP contribution in [0.2, 0.25) is 0 Å². The van der Waals surface area contributed by atoms with Crippen molar-refractivity contribution >= 4 is 27.1 Å². The molecule has 53 heavy (non-hydrogen) atoms. The van der Waals surface area contributed by atoms with Gasteiger partial charge in [0.15, 0.2) is 11.5 Å². The van der Waals surface area contributed by atoms with Gasteiger partial charge in [0.05, 0.1) is 29.3 Å². The first kappa shape index (κ1) is 32.5. The third kappa shape index (κ3) is 4.08. The standard InChI is InChI=1S/C49H45NO2S/c1-30(2)53(31(3)4)42-18-11-8-15-36(42)44-43(53)24-23-41-45(44)49(38-25-27-51-46(38)47-39(49)26-28-52-47)37-16-9-10-17-40(37)50(41)35-14-12-13-33(29-35)32-19-21-34(22-20-32)48(5,6)7/h8-31H,1-7H3. The van der Waals surface area contributed by atoms with Crippen molar-refractivity contribution in [2.45, 2.75) is 79.6 Å². The van der Waals surface area contributed by atoms with E-state index in [9.17, 15) is 0 Å². The van der Waals surface area contributed by atoms with Crippen molar-refractivity contribution in [3.63, 3.8) is 0 Å². The van der Waals surface area contributed by atoms with Crippen LogP contribution < -0.4 is 4.90 Å². The Morgan fingerprint density at radius 2 is 1.25 bits per heavy atom. The maximum atomic E-state index is 6.33. The zero-order chi connectivity index (χ0) is 36.4. The van der Waals surface area contributed by atoms with E-state index in [4.69, 9.17) is 8.83 Å². The highest BCUT2D eigenvalue weighted by molar-refractivity contribution is 8.35. The summed E-state index contributed by atoms with van der Waals surface area (Å²) in [5.41, 5.74) is 14.3. The topological polar surface area (TPSA) is 29.5 Å². The van der Waals surface area contributed by atoms with Crippen molar-refractivity contribution in [1.29, 1.82) is 0 Å². The largest absolute Gasteiger partial charge is 0.461 e. The summed E-state index contributed by atoms with van der Waals surface area (Å²) in [4.78, 5) is 5.52. The van der Waals surface area contributed by atoms with Gasteiger partial charge in [-0.1, -0.05) is 121 Å². The van der Waals surface area contributed by atoms with Gasteiger partial charge >= 0.3 is 0 Å². The molecule has 0 fully saturated rings. The minimum absolute atomic E-state index is 0.102. The van der Waals surface area contributed by atoms with Gasteiger partial charge in [0, 0.05) is 37.7 Å². The van der Waals surface area contributed by atoms with Gasteiger partial charge in [-0.2, -0.15) is 10.0 Å². The number of benzene rings is 5. The van der Waals surface area contributed by atoms with Gasteiger partial charge in [0.1, 0.15) is 0 Å². The van der Waals surface area contributed by atoms with Crippen molar-refractivity contribution in [2.75, 3.05) is 4.90 Å². The molecule has 0 atom stereocenters. The Morgan fingerprint density at radius 1 is 0.585 bits per heavy atom. The fourth-order valence-corrected chi connectivity index (χ4v) is 15.2. The third-order valence-corrected chi connectivity index (χ3v) is 17.3. The van der Waals surface area contributed by atoms with E-state index in [1.54, 1.807) is 0 Å². The monoisotopic (exact) mass is 711 g/mol. The summed E-state index contributed by atoms with van der Waals surface area (Å²) in [5, 5.41) is 0.926. The Balaban J connectivity index is 1.32. The molecule has 2 aliphatic heterocycles. The molecule has 1 spiro atoms. The summed E-state index contributed by atoms with van der Waals surface area (Å²) in [7, 11) is -1.40. The molecule has 0 unspecified atom stereocenters. The van der Waals surface area contributed by atoms with Crippen LogP contribution in [-0.2, 0) is 10.8 Å². The van der Waals surface area contributed by atoms with Crippen LogP contribution in [0.1, 0.15) is 76.3 Å². The molecule has 0 radical (unpaired) electrons. The predicted molar refractivity (Wildman–Crippen MR) is 220 cm³/mol. The molecule has 4 heteroatoms. The highest BCUT2D eigenvalue weighted by atomic mass is 32.3. The number of hydrogen-bond acceptors (Lipinski definition) is 3. The number of rotatable bonds is 4. The van der Waals surface area contributed by atoms with E-state index in [2.05, 4.69) is 175 Å². The molecule has 0 saturated carbocycles. The van der Waals surface area contributed by atoms with Crippen LogP contribution in [0.3, 0.4) is 0 Å². The van der Waals surface area contributed by atoms with E-state index in [1.165, 1.54) is 60.1 Å². The Hall–Kier alpha value is -5.19. The smallest absolute Gasteiger partial charge is 0.174 e. The number of hydrogen-bond donors (Lipinski definition) is 0. The van der Waals surface area contributed by atoms with Crippen molar-refractivity contribution in [1.82, 2.24) is 0 Å². The molecule has 0 bridgehead atoms. The molecule has 0 amide bonds. The molecule has 0 saturated heterocycles. The quantitative estimate of drug-likeness (QED) is 0.182. The fraction of sp³-hybridized carbons (Fsp3) is 0.224. The first-order chi connectivity index (χ1) is 25.6. The van der Waals surface area contributed by atoms with E-state index in [-0.39, 0.29) is 5.41 Å². The molecule has 1 aliphatic carbocycles. The third-order valence-electron chi connectivity index (χ3n) is 12.2. The molecule has 2 aromatic heterocycles. The molecule has 5 aromatic carbocycles. The Labute approximate surface area is 314 Å². The van der Waals surface area contributed by atoms with E-state index in [1.807, 2.05) is 12.5 Å². The van der Waals surface area contributed by atoms with Crippen LogP contribution >= 0.6 is 10.0 Å². The van der Waals surface area contributed by atoms with E-state index in [0.717, 1.165) is 28.3 Å². The Bertz CT molecular complexity index is 2530. The van der Waals surface area contributed by atoms with Crippen molar-refractivity contribution in [3.05, 3.63) is 162 Å². The van der Waals surface area contributed by atoms with Gasteiger partial charge < -0.3 is 13.7 Å². The molecule has 264 valence electrons. The fourth-order valence-electron chi connectivity index (χ4n) is 10.1. The molecular weight excluding hydrogens is 667 g/mol. The lowest BCUT2D eigenvalue weighted by Gasteiger charge is -2.48. The SMILES string of the molecule is CC(C)S1(C(C)C)c2ccccc2-c2c1ccc1c2C2(c3ccccc3N1c1cccc(-c3ccc(C(C)(C)C)cc3)c1)c1ccoc1-c1occc12. The van der Waals surface area contributed by atoms with Crippen molar-refractivity contribution in [2.24, 2.45) is 0 Å². The lowest BCUT2D eigenvalue weighted by Crippen LogP contribution is -2.36. The Morgan fingerprint density at radius 3 is 1.92 bits per heavy atom. The molecular formula is C49H45NO2S. The van der Waals surface area contributed by atoms with Gasteiger partial charge in [0.25, 0.3) is 0 Å². The maximum Gasteiger partial charge on any atom is 0.174 e. The number of furan rings is 2. The lowest BCUT2D eigenvalue weighted by atomic mass is 9.63. The molecule has 10 rings (SSSR count). The molecule has 3 aliphatic rings. The van der Waals surface area contributed by atoms with E-state index >= 15 is 0 Å². The number of anilines is 3. The number of para-hydroxylation sites is 1. The van der Waals surface area contributed by atoms with Crippen molar-refractivity contribution < 1.29 is 8.83 Å². The Kier molecular flexibility index (Phi) is 6.84. The molecule has 0 N–H and O–H groups in total. The minimum atomic E-state index is -1.40. The second-order valence-electron chi connectivity index (χ2n) is 16.4. The van der Waals surface area contributed by atoms with Crippen LogP contribution in [0, 0.1) is 0 Å². The zero-order valence-electron chi connectivity index (χ0n) is 31.5. The second-order valence-corrected chi connectivity index (χ2v) is 20.6. The van der Waals surface area contributed by atoms with Crippen LogP contribution in [0.25, 0.3) is 33.8 Å². The summed E-state index contributed by atoms with van der Waals surface area (Å²) >= 11 is 0. The van der Waals surface area contributed by atoms with Gasteiger partial charge in [-0.25, -0.2) is 0 Å².